The van der Waals surface area contributed by atoms with Crippen LogP contribution in [0.1, 0.15) is 45.1 Å². The van der Waals surface area contributed by atoms with Gasteiger partial charge in [0.25, 0.3) is 0 Å². The van der Waals surface area contributed by atoms with Crippen LogP contribution in [0.2, 0.25) is 0 Å². The molecule has 242 valence electrons. The van der Waals surface area contributed by atoms with Crippen LogP contribution in [0.4, 0.5) is 11.4 Å². The summed E-state index contributed by atoms with van der Waals surface area (Å²) >= 11 is 0. The number of benzene rings is 8. The Hall–Kier alpha value is -5.66. The molecule has 1 aliphatic carbocycles. The van der Waals surface area contributed by atoms with E-state index in [-0.39, 0.29) is 11.0 Å². The normalized spacial score (nSPS) is 20.5. The highest BCUT2D eigenvalue weighted by Crippen LogP contribution is 2.62. The van der Waals surface area contributed by atoms with Gasteiger partial charge < -0.3 is 4.90 Å². The summed E-state index contributed by atoms with van der Waals surface area (Å²) < 4.78 is 0. The topological polar surface area (TPSA) is 3.24 Å². The highest BCUT2D eigenvalue weighted by atomic mass is 15.3. The van der Waals surface area contributed by atoms with E-state index < -0.39 is 0 Å². The molecule has 10 aromatic rings. The Balaban J connectivity index is 1.09. The van der Waals surface area contributed by atoms with Gasteiger partial charge in [0, 0.05) is 22.2 Å². The number of hydrogen-bond acceptors (Lipinski definition) is 1. The molecule has 10 aromatic carbocycles. The molecule has 1 aliphatic heterocycles. The Morgan fingerprint density at radius 2 is 1.02 bits per heavy atom. The van der Waals surface area contributed by atoms with Crippen molar-refractivity contribution in [3.05, 3.63) is 145 Å². The third kappa shape index (κ3) is 3.38. The summed E-state index contributed by atoms with van der Waals surface area (Å²) in [6.07, 6.45) is 4.95. The van der Waals surface area contributed by atoms with Crippen molar-refractivity contribution in [2.24, 2.45) is 0 Å². The van der Waals surface area contributed by atoms with Crippen LogP contribution in [0.3, 0.4) is 0 Å². The maximum absolute atomic E-state index is 2.73. The van der Waals surface area contributed by atoms with E-state index >= 15 is 0 Å². The lowest BCUT2D eigenvalue weighted by atomic mass is 9.61. The van der Waals surface area contributed by atoms with Crippen molar-refractivity contribution >= 4 is 86.8 Å². The third-order valence-corrected chi connectivity index (χ3v) is 13.7. The number of hydrogen-bond donors (Lipinski definition) is 0. The van der Waals surface area contributed by atoms with Crippen LogP contribution in [-0.4, -0.2) is 5.54 Å². The summed E-state index contributed by atoms with van der Waals surface area (Å²) in [7, 11) is 0. The van der Waals surface area contributed by atoms with E-state index in [9.17, 15) is 0 Å². The zero-order chi connectivity index (χ0) is 33.6. The van der Waals surface area contributed by atoms with Crippen LogP contribution in [0.25, 0.3) is 86.5 Å². The number of rotatable bonds is 2. The molecule has 0 saturated heterocycles. The maximum Gasteiger partial charge on any atom is 0.0518 e. The van der Waals surface area contributed by atoms with Gasteiger partial charge in [-0.15, -0.1) is 0 Å². The van der Waals surface area contributed by atoms with Gasteiger partial charge in [-0.05, 0) is 137 Å². The lowest BCUT2D eigenvalue weighted by molar-refractivity contribution is 0.195. The van der Waals surface area contributed by atoms with Crippen molar-refractivity contribution in [1.82, 2.24) is 0 Å². The molecule has 0 amide bonds. The molecule has 1 heterocycles. The summed E-state index contributed by atoms with van der Waals surface area (Å²) in [6, 6.07) is 53.4. The molecule has 1 saturated carbocycles. The van der Waals surface area contributed by atoms with Gasteiger partial charge in [-0.25, -0.2) is 0 Å². The van der Waals surface area contributed by atoms with E-state index in [1.807, 2.05) is 0 Å². The summed E-state index contributed by atoms with van der Waals surface area (Å²) in [5.41, 5.74) is 6.94. The van der Waals surface area contributed by atoms with Crippen molar-refractivity contribution in [3.63, 3.8) is 0 Å². The first-order chi connectivity index (χ1) is 25.0. The minimum atomic E-state index is 0.00331. The van der Waals surface area contributed by atoms with Crippen LogP contribution in [-0.2, 0) is 5.41 Å². The summed E-state index contributed by atoms with van der Waals surface area (Å²) in [4.78, 5) is 2.73. The Morgan fingerprint density at radius 1 is 0.431 bits per heavy atom. The Kier molecular flexibility index (Phi) is 5.26. The molecular weight excluding hydrogens is 615 g/mol. The average Bonchev–Trinajstić information content (AvgIpc) is 3.73. The molecule has 0 N–H and O–H groups in total. The first kappa shape index (κ1) is 28.1. The van der Waals surface area contributed by atoms with Gasteiger partial charge in [-0.1, -0.05) is 129 Å². The van der Waals surface area contributed by atoms with Gasteiger partial charge in [-0.2, -0.15) is 0 Å². The lowest BCUT2D eigenvalue weighted by Gasteiger charge is -2.50. The first-order valence-corrected chi connectivity index (χ1v) is 18.7. The maximum atomic E-state index is 2.73. The molecule has 0 spiro atoms. The first-order valence-electron chi connectivity index (χ1n) is 18.7. The lowest BCUT2D eigenvalue weighted by Crippen LogP contribution is -2.54. The minimum Gasteiger partial charge on any atom is -0.334 e. The van der Waals surface area contributed by atoms with Crippen LogP contribution in [0, 0.1) is 0 Å². The molecule has 0 bridgehead atoms. The molecule has 0 aromatic heterocycles. The van der Waals surface area contributed by atoms with Gasteiger partial charge in [-0.3, -0.25) is 0 Å². The van der Waals surface area contributed by atoms with Gasteiger partial charge in [0.15, 0.2) is 0 Å². The SMILES string of the molecule is CC12CCCCC1(C)N(c1cccc3ccccc13)c1ccc(-c3ccc4c5cc6c(cc5c5cccc3c54)c3cccc4cccc6c43)cc12. The van der Waals surface area contributed by atoms with E-state index in [1.54, 1.807) is 0 Å². The predicted octanol–water partition coefficient (Wildman–Crippen LogP) is 14.0. The van der Waals surface area contributed by atoms with Crippen molar-refractivity contribution < 1.29 is 0 Å². The Labute approximate surface area is 297 Å². The van der Waals surface area contributed by atoms with Crippen molar-refractivity contribution in [3.8, 4) is 11.1 Å². The van der Waals surface area contributed by atoms with Gasteiger partial charge in [0.2, 0.25) is 0 Å². The molecule has 51 heavy (non-hydrogen) atoms. The summed E-state index contributed by atoms with van der Waals surface area (Å²) in [6.45, 7) is 5.10. The molecule has 2 unspecified atom stereocenters. The number of fused-ring (bicyclic) bond motifs is 10. The Bertz CT molecular complexity index is 2990. The van der Waals surface area contributed by atoms with Gasteiger partial charge >= 0.3 is 0 Å². The van der Waals surface area contributed by atoms with E-state index in [4.69, 9.17) is 0 Å². The minimum absolute atomic E-state index is 0.00331. The van der Waals surface area contributed by atoms with Crippen LogP contribution in [0.15, 0.2) is 140 Å². The molecule has 0 radical (unpaired) electrons. The molecular formula is C50H37N. The zero-order valence-electron chi connectivity index (χ0n) is 29.1. The Morgan fingerprint density at radius 3 is 1.80 bits per heavy atom. The quantitative estimate of drug-likeness (QED) is 0.180. The fourth-order valence-corrected chi connectivity index (χ4v) is 11.1. The highest BCUT2D eigenvalue weighted by Gasteiger charge is 2.57. The molecule has 1 fully saturated rings. The van der Waals surface area contributed by atoms with E-state index in [1.165, 1.54) is 129 Å². The second kappa shape index (κ2) is 9.56. The van der Waals surface area contributed by atoms with Crippen molar-refractivity contribution in [1.29, 1.82) is 0 Å². The van der Waals surface area contributed by atoms with E-state index in [0.717, 1.165) is 0 Å². The van der Waals surface area contributed by atoms with E-state index in [0.29, 0.717) is 0 Å². The van der Waals surface area contributed by atoms with Gasteiger partial charge in [0.1, 0.15) is 0 Å². The average molecular weight is 652 g/mol. The second-order valence-electron chi connectivity index (χ2n) is 15.9. The zero-order valence-corrected chi connectivity index (χ0v) is 29.1. The standard InChI is InChI=1S/C50H37N/c1-49-25-5-6-26-50(49,2)51(45-20-9-12-30-11-3-4-15-34(30)45)46-24-21-32(27-44(46)49)33-22-23-39-43-29-41-37-17-8-14-31-13-7-16-36(47(31)37)40(41)28-42(43)38-19-10-18-35(33)48(38)39/h3-4,7-24,27-29H,5-6,25-26H2,1-2H3. The predicted molar refractivity (Wildman–Crippen MR) is 220 cm³/mol. The summed E-state index contributed by atoms with van der Waals surface area (Å²) in [5.74, 6) is 0. The van der Waals surface area contributed by atoms with Crippen LogP contribution in [0.5, 0.6) is 0 Å². The van der Waals surface area contributed by atoms with Gasteiger partial charge in [0.05, 0.1) is 5.54 Å². The fourth-order valence-electron chi connectivity index (χ4n) is 11.1. The number of nitrogens with zero attached hydrogens (tertiary/aromatic N) is 1. The summed E-state index contributed by atoms with van der Waals surface area (Å²) in [5, 5.41) is 19.0. The highest BCUT2D eigenvalue weighted by molar-refractivity contribution is 6.38. The fraction of sp³-hybridized carbons (Fsp3) is 0.160. The number of anilines is 2. The molecule has 1 nitrogen and oxygen atoms in total. The van der Waals surface area contributed by atoms with Crippen molar-refractivity contribution in [2.75, 3.05) is 4.90 Å². The van der Waals surface area contributed by atoms with Crippen LogP contribution < -0.4 is 4.90 Å². The molecule has 2 atom stereocenters. The monoisotopic (exact) mass is 651 g/mol. The molecule has 2 aliphatic rings. The molecule has 12 rings (SSSR count). The third-order valence-electron chi connectivity index (χ3n) is 13.7. The van der Waals surface area contributed by atoms with Crippen molar-refractivity contribution in [2.45, 2.75) is 50.5 Å². The second-order valence-corrected chi connectivity index (χ2v) is 15.9. The van der Waals surface area contributed by atoms with Crippen LogP contribution >= 0.6 is 0 Å². The van der Waals surface area contributed by atoms with E-state index in [2.05, 4.69) is 158 Å². The largest absolute Gasteiger partial charge is 0.334 e. The molecule has 1 heteroatoms. The smallest absolute Gasteiger partial charge is 0.0518 e.